The van der Waals surface area contributed by atoms with Gasteiger partial charge in [-0.05, 0) is 24.2 Å². The van der Waals surface area contributed by atoms with E-state index in [9.17, 15) is 4.79 Å². The molecule has 24 heavy (non-hydrogen) atoms. The van der Waals surface area contributed by atoms with Crippen molar-refractivity contribution in [2.45, 2.75) is 18.6 Å². The second kappa shape index (κ2) is 8.82. The Morgan fingerprint density at radius 2 is 1.79 bits per heavy atom. The number of ether oxygens (including phenoxy) is 3. The van der Waals surface area contributed by atoms with Crippen molar-refractivity contribution in [1.82, 2.24) is 9.80 Å². The number of nitrogens with zero attached hydrogens (tertiary/aromatic N) is 2. The molecule has 0 aromatic heterocycles. The number of carbonyl (C=O) groups excluding carboxylic acids is 1. The maximum atomic E-state index is 12.1. The summed E-state index contributed by atoms with van der Waals surface area (Å²) < 4.78 is 15.2. The van der Waals surface area contributed by atoms with Crippen molar-refractivity contribution in [2.75, 3.05) is 46.9 Å². The van der Waals surface area contributed by atoms with Crippen LogP contribution in [-0.2, 0) is 20.8 Å². The summed E-state index contributed by atoms with van der Waals surface area (Å²) in [7, 11) is 2.67. The van der Waals surface area contributed by atoms with Gasteiger partial charge in [0.2, 0.25) is 0 Å². The number of hydrogen-bond acceptors (Lipinski definition) is 7. The summed E-state index contributed by atoms with van der Waals surface area (Å²) in [5, 5.41) is -1.70. The molecule has 0 unspecified atom stereocenters. The number of hydrogen-bond donors (Lipinski definition) is 1. The standard InChI is InChI=1S/C17H26N2O4S/c1-4-18-8-10-19(11-9-18)13-14-6-5-7-15(12-14)23-16(20)17(24,21-2)22-3/h5-7,12,24H,4,8-11,13H2,1-3H3. The van der Waals surface area contributed by atoms with Gasteiger partial charge in [-0.15, -0.1) is 12.6 Å². The van der Waals surface area contributed by atoms with Gasteiger partial charge < -0.3 is 19.1 Å². The Morgan fingerprint density at radius 3 is 2.38 bits per heavy atom. The minimum absolute atomic E-state index is 0.456. The predicted molar refractivity (Wildman–Crippen MR) is 95.2 cm³/mol. The minimum atomic E-state index is -1.70. The average molecular weight is 354 g/mol. The van der Waals surface area contributed by atoms with E-state index in [1.807, 2.05) is 18.2 Å². The van der Waals surface area contributed by atoms with Crippen molar-refractivity contribution in [1.29, 1.82) is 0 Å². The van der Waals surface area contributed by atoms with Gasteiger partial charge in [-0.2, -0.15) is 0 Å². The van der Waals surface area contributed by atoms with Crippen LogP contribution in [0.5, 0.6) is 5.75 Å². The summed E-state index contributed by atoms with van der Waals surface area (Å²) >= 11 is 4.06. The first-order valence-corrected chi connectivity index (χ1v) is 8.54. The molecule has 1 saturated heterocycles. The lowest BCUT2D eigenvalue weighted by Gasteiger charge is -2.34. The highest BCUT2D eigenvalue weighted by Gasteiger charge is 2.37. The summed E-state index contributed by atoms with van der Waals surface area (Å²) in [6.45, 7) is 8.40. The van der Waals surface area contributed by atoms with Crippen LogP contribution in [-0.4, -0.2) is 67.8 Å². The number of methoxy groups -OCH3 is 2. The molecule has 1 aromatic carbocycles. The van der Waals surface area contributed by atoms with Crippen molar-refractivity contribution >= 4 is 18.6 Å². The molecule has 0 bridgehead atoms. The fourth-order valence-corrected chi connectivity index (χ4v) is 2.70. The maximum absolute atomic E-state index is 12.1. The largest absolute Gasteiger partial charge is 0.422 e. The summed E-state index contributed by atoms with van der Waals surface area (Å²) in [5.74, 6) is -0.248. The molecule has 1 aliphatic heterocycles. The summed E-state index contributed by atoms with van der Waals surface area (Å²) in [5.41, 5.74) is 1.10. The van der Waals surface area contributed by atoms with Crippen LogP contribution in [0.25, 0.3) is 0 Å². The molecule has 1 aromatic rings. The molecule has 6 nitrogen and oxygen atoms in total. The highest BCUT2D eigenvalue weighted by molar-refractivity contribution is 7.82. The first kappa shape index (κ1) is 19.2. The predicted octanol–water partition coefficient (Wildman–Crippen LogP) is 1.61. The molecular weight excluding hydrogens is 328 g/mol. The molecule has 0 spiro atoms. The molecule has 0 amide bonds. The lowest BCUT2D eigenvalue weighted by atomic mass is 10.2. The van der Waals surface area contributed by atoms with Gasteiger partial charge >= 0.3 is 11.1 Å². The van der Waals surface area contributed by atoms with Gasteiger partial charge in [0, 0.05) is 46.9 Å². The number of carbonyl (C=O) groups is 1. The monoisotopic (exact) mass is 354 g/mol. The van der Waals surface area contributed by atoms with Crippen LogP contribution in [0.1, 0.15) is 12.5 Å². The van der Waals surface area contributed by atoms with Gasteiger partial charge in [-0.1, -0.05) is 19.1 Å². The Balaban J connectivity index is 1.95. The molecular formula is C17H26N2O4S. The van der Waals surface area contributed by atoms with E-state index in [1.54, 1.807) is 6.07 Å². The third kappa shape index (κ3) is 4.94. The van der Waals surface area contributed by atoms with Crippen LogP contribution in [0.4, 0.5) is 0 Å². The quantitative estimate of drug-likeness (QED) is 0.347. The van der Waals surface area contributed by atoms with Crippen molar-refractivity contribution in [2.24, 2.45) is 0 Å². The third-order valence-corrected chi connectivity index (χ3v) is 4.79. The smallest absolute Gasteiger partial charge is 0.383 e. The van der Waals surface area contributed by atoms with Crippen molar-refractivity contribution in [3.05, 3.63) is 29.8 Å². The second-order valence-corrected chi connectivity index (χ2v) is 6.33. The van der Waals surface area contributed by atoms with E-state index in [0.29, 0.717) is 5.75 Å². The molecule has 0 radical (unpaired) electrons. The zero-order chi connectivity index (χ0) is 17.6. The molecule has 0 aliphatic carbocycles. The third-order valence-electron chi connectivity index (χ3n) is 4.24. The lowest BCUT2D eigenvalue weighted by molar-refractivity contribution is -0.185. The highest BCUT2D eigenvalue weighted by atomic mass is 32.1. The summed E-state index contributed by atoms with van der Waals surface area (Å²) in [6.07, 6.45) is 0. The van der Waals surface area contributed by atoms with Crippen LogP contribution >= 0.6 is 12.6 Å². The number of piperazine rings is 1. The van der Waals surface area contributed by atoms with Crippen molar-refractivity contribution in [3.8, 4) is 5.75 Å². The van der Waals surface area contributed by atoms with Gasteiger partial charge in [0.15, 0.2) is 0 Å². The molecule has 1 fully saturated rings. The fourth-order valence-electron chi connectivity index (χ4n) is 2.65. The van der Waals surface area contributed by atoms with Crippen LogP contribution in [0.3, 0.4) is 0 Å². The number of benzene rings is 1. The molecule has 0 atom stereocenters. The van der Waals surface area contributed by atoms with E-state index in [1.165, 1.54) is 14.2 Å². The lowest BCUT2D eigenvalue weighted by Crippen LogP contribution is -2.45. The molecule has 2 rings (SSSR count). The first-order chi connectivity index (χ1) is 11.5. The molecule has 7 heteroatoms. The zero-order valence-electron chi connectivity index (χ0n) is 14.5. The van der Waals surface area contributed by atoms with Gasteiger partial charge in [0.25, 0.3) is 0 Å². The number of rotatable bonds is 7. The Labute approximate surface area is 149 Å². The van der Waals surface area contributed by atoms with Crippen LogP contribution in [0.15, 0.2) is 24.3 Å². The molecule has 0 N–H and O–H groups in total. The summed E-state index contributed by atoms with van der Waals surface area (Å²) in [4.78, 5) is 16.9. The maximum Gasteiger partial charge on any atom is 0.383 e. The molecule has 1 aliphatic rings. The van der Waals surface area contributed by atoms with Gasteiger partial charge in [0.05, 0.1) is 0 Å². The van der Waals surface area contributed by atoms with Crippen LogP contribution in [0, 0.1) is 0 Å². The van der Waals surface area contributed by atoms with E-state index >= 15 is 0 Å². The number of thiol groups is 1. The van der Waals surface area contributed by atoms with Crippen LogP contribution < -0.4 is 4.74 Å². The van der Waals surface area contributed by atoms with E-state index in [4.69, 9.17) is 14.2 Å². The molecule has 134 valence electrons. The molecule has 1 heterocycles. The zero-order valence-corrected chi connectivity index (χ0v) is 15.4. The first-order valence-electron chi connectivity index (χ1n) is 8.09. The van der Waals surface area contributed by atoms with Crippen molar-refractivity contribution in [3.63, 3.8) is 0 Å². The fraction of sp³-hybridized carbons (Fsp3) is 0.588. The van der Waals surface area contributed by atoms with E-state index in [-0.39, 0.29) is 0 Å². The topological polar surface area (TPSA) is 51.2 Å². The average Bonchev–Trinajstić information content (AvgIpc) is 2.62. The number of esters is 1. The minimum Gasteiger partial charge on any atom is -0.422 e. The van der Waals surface area contributed by atoms with E-state index < -0.39 is 11.1 Å². The Morgan fingerprint density at radius 1 is 1.17 bits per heavy atom. The Hall–Kier alpha value is -1.12. The van der Waals surface area contributed by atoms with E-state index in [0.717, 1.165) is 44.8 Å². The number of likely N-dealkylation sites (N-methyl/N-ethyl adjacent to an activating group) is 1. The second-order valence-electron chi connectivity index (χ2n) is 5.74. The highest BCUT2D eigenvalue weighted by Crippen LogP contribution is 2.22. The van der Waals surface area contributed by atoms with Gasteiger partial charge in [0.1, 0.15) is 5.75 Å². The Bertz CT molecular complexity index is 543. The Kier molecular flexibility index (Phi) is 7.06. The van der Waals surface area contributed by atoms with Crippen molar-refractivity contribution < 1.29 is 19.0 Å². The SMILES string of the molecule is CCN1CCN(Cc2cccc(OC(=O)C(S)(OC)OC)c2)CC1. The molecule has 0 saturated carbocycles. The van der Waals surface area contributed by atoms with Gasteiger partial charge in [-0.25, -0.2) is 4.79 Å². The normalized spacial score (nSPS) is 17.0. The van der Waals surface area contributed by atoms with Crippen LogP contribution in [0.2, 0.25) is 0 Å². The summed E-state index contributed by atoms with van der Waals surface area (Å²) in [6, 6.07) is 7.50. The van der Waals surface area contributed by atoms with E-state index in [2.05, 4.69) is 29.4 Å². The van der Waals surface area contributed by atoms with Gasteiger partial charge in [-0.3, -0.25) is 4.90 Å².